The molecule has 0 amide bonds. The fourth-order valence-corrected chi connectivity index (χ4v) is 1.82. The van der Waals surface area contributed by atoms with E-state index in [1.165, 1.54) is 18.9 Å². The number of rotatable bonds is 5. The first-order chi connectivity index (χ1) is 8.00. The van der Waals surface area contributed by atoms with E-state index in [2.05, 4.69) is 12.2 Å². The van der Waals surface area contributed by atoms with Crippen LogP contribution in [-0.2, 0) is 0 Å². The number of nitrogens with one attached hydrogen (secondary N) is 1. The minimum Gasteiger partial charge on any atom is -0.310 e. The van der Waals surface area contributed by atoms with Gasteiger partial charge in [-0.3, -0.25) is 10.1 Å². The van der Waals surface area contributed by atoms with Gasteiger partial charge in [-0.2, -0.15) is 0 Å². The minimum atomic E-state index is -0.349. The van der Waals surface area contributed by atoms with Gasteiger partial charge in [0.25, 0.3) is 5.69 Å². The molecule has 1 aliphatic rings. The Morgan fingerprint density at radius 2 is 2.24 bits per heavy atom. The Balaban J connectivity index is 2.00. The molecule has 2 rings (SSSR count). The molecule has 0 aliphatic heterocycles. The summed E-state index contributed by atoms with van der Waals surface area (Å²) in [6, 6.07) is 7.00. The molecule has 17 heavy (non-hydrogen) atoms. The first kappa shape index (κ1) is 12.0. The largest absolute Gasteiger partial charge is 0.310 e. The number of nitrogens with zero attached hydrogens (tertiary/aromatic N) is 1. The topological polar surface area (TPSA) is 55.2 Å². The summed E-state index contributed by atoms with van der Waals surface area (Å²) in [4.78, 5) is 10.3. The van der Waals surface area contributed by atoms with E-state index in [0.29, 0.717) is 5.41 Å². The minimum absolute atomic E-state index is 0.160. The maximum atomic E-state index is 10.7. The lowest BCUT2D eigenvalue weighted by Gasteiger charge is -2.17. The lowest BCUT2D eigenvalue weighted by atomic mass is 10.1. The van der Waals surface area contributed by atoms with Crippen molar-refractivity contribution in [3.63, 3.8) is 0 Å². The van der Waals surface area contributed by atoms with E-state index in [1.54, 1.807) is 12.1 Å². The molecular weight excluding hydrogens is 216 g/mol. The van der Waals surface area contributed by atoms with Gasteiger partial charge in [-0.05, 0) is 30.7 Å². The van der Waals surface area contributed by atoms with Gasteiger partial charge in [-0.25, -0.2) is 0 Å². The third kappa shape index (κ3) is 3.03. The molecule has 1 unspecified atom stereocenters. The predicted octanol–water partition coefficient (Wildman–Crippen LogP) is 3.05. The highest BCUT2D eigenvalue weighted by molar-refractivity contribution is 5.35. The number of nitro benzene ring substituents is 1. The van der Waals surface area contributed by atoms with Crippen molar-refractivity contribution in [1.82, 2.24) is 5.32 Å². The van der Waals surface area contributed by atoms with E-state index in [9.17, 15) is 10.1 Å². The van der Waals surface area contributed by atoms with Gasteiger partial charge in [0.2, 0.25) is 0 Å². The van der Waals surface area contributed by atoms with Gasteiger partial charge in [0, 0.05) is 24.7 Å². The van der Waals surface area contributed by atoms with Crippen molar-refractivity contribution in [2.75, 3.05) is 6.54 Å². The predicted molar refractivity (Wildman–Crippen MR) is 66.9 cm³/mol. The summed E-state index contributed by atoms with van der Waals surface area (Å²) in [5, 5.41) is 14.1. The fourth-order valence-electron chi connectivity index (χ4n) is 1.82. The van der Waals surface area contributed by atoms with Gasteiger partial charge in [0.1, 0.15) is 0 Å². The molecule has 4 heteroatoms. The summed E-state index contributed by atoms with van der Waals surface area (Å²) in [6.45, 7) is 5.29. The van der Waals surface area contributed by atoms with Crippen LogP contribution in [0.15, 0.2) is 24.3 Å². The average Bonchev–Trinajstić information content (AvgIpc) is 3.05. The molecule has 1 aromatic rings. The number of benzene rings is 1. The summed E-state index contributed by atoms with van der Waals surface area (Å²) in [7, 11) is 0. The molecule has 0 saturated heterocycles. The zero-order chi connectivity index (χ0) is 12.5. The SMILES string of the molecule is CC(NCC1(C)CC1)c1cccc([N+](=O)[O-])c1. The molecule has 0 bridgehead atoms. The van der Waals surface area contributed by atoms with Crippen molar-refractivity contribution < 1.29 is 4.92 Å². The van der Waals surface area contributed by atoms with Gasteiger partial charge in [0.15, 0.2) is 0 Å². The molecule has 0 heterocycles. The van der Waals surface area contributed by atoms with Gasteiger partial charge in [0.05, 0.1) is 4.92 Å². The lowest BCUT2D eigenvalue weighted by Crippen LogP contribution is -2.25. The second-order valence-electron chi connectivity index (χ2n) is 5.27. The highest BCUT2D eigenvalue weighted by Crippen LogP contribution is 2.44. The van der Waals surface area contributed by atoms with Crippen molar-refractivity contribution in [2.24, 2.45) is 5.41 Å². The fraction of sp³-hybridized carbons (Fsp3) is 0.538. The second kappa shape index (κ2) is 4.45. The third-order valence-corrected chi connectivity index (χ3v) is 3.52. The molecule has 0 aromatic heterocycles. The van der Waals surface area contributed by atoms with E-state index < -0.39 is 0 Å². The van der Waals surface area contributed by atoms with Crippen molar-refractivity contribution in [1.29, 1.82) is 0 Å². The molecule has 1 aromatic carbocycles. The molecular formula is C13H18N2O2. The van der Waals surface area contributed by atoms with Gasteiger partial charge < -0.3 is 5.32 Å². The normalized spacial score (nSPS) is 18.7. The molecule has 1 N–H and O–H groups in total. The summed E-state index contributed by atoms with van der Waals surface area (Å²) in [5.41, 5.74) is 1.59. The molecule has 1 aliphatic carbocycles. The molecule has 1 atom stereocenters. The Morgan fingerprint density at radius 1 is 1.53 bits per heavy atom. The van der Waals surface area contributed by atoms with Crippen LogP contribution in [0.1, 0.15) is 38.3 Å². The second-order valence-corrected chi connectivity index (χ2v) is 5.27. The number of hydrogen-bond acceptors (Lipinski definition) is 3. The van der Waals surface area contributed by atoms with Crippen LogP contribution in [-0.4, -0.2) is 11.5 Å². The highest BCUT2D eigenvalue weighted by atomic mass is 16.6. The first-order valence-corrected chi connectivity index (χ1v) is 5.98. The highest BCUT2D eigenvalue weighted by Gasteiger charge is 2.36. The first-order valence-electron chi connectivity index (χ1n) is 5.98. The van der Waals surface area contributed by atoms with E-state index in [1.807, 2.05) is 13.0 Å². The Morgan fingerprint density at radius 3 is 2.82 bits per heavy atom. The standard InChI is InChI=1S/C13H18N2O2/c1-10(14-9-13(2)6-7-13)11-4-3-5-12(8-11)15(16)17/h3-5,8,10,14H,6-7,9H2,1-2H3. The van der Waals surface area contributed by atoms with Crippen LogP contribution in [0.3, 0.4) is 0 Å². The molecule has 1 fully saturated rings. The number of hydrogen-bond donors (Lipinski definition) is 1. The summed E-state index contributed by atoms with van der Waals surface area (Å²) < 4.78 is 0. The van der Waals surface area contributed by atoms with Crippen molar-refractivity contribution in [3.8, 4) is 0 Å². The van der Waals surface area contributed by atoms with Crippen molar-refractivity contribution >= 4 is 5.69 Å². The van der Waals surface area contributed by atoms with Gasteiger partial charge >= 0.3 is 0 Å². The van der Waals surface area contributed by atoms with E-state index in [-0.39, 0.29) is 16.7 Å². The summed E-state index contributed by atoms with van der Waals surface area (Å²) in [5.74, 6) is 0. The smallest absolute Gasteiger partial charge is 0.269 e. The molecule has 0 radical (unpaired) electrons. The van der Waals surface area contributed by atoms with Gasteiger partial charge in [-0.1, -0.05) is 19.1 Å². The average molecular weight is 234 g/mol. The van der Waals surface area contributed by atoms with Crippen LogP contribution in [0.5, 0.6) is 0 Å². The zero-order valence-corrected chi connectivity index (χ0v) is 10.3. The van der Waals surface area contributed by atoms with Crippen LogP contribution in [0.2, 0.25) is 0 Å². The molecule has 0 spiro atoms. The molecule has 4 nitrogen and oxygen atoms in total. The van der Waals surface area contributed by atoms with Crippen LogP contribution >= 0.6 is 0 Å². The zero-order valence-electron chi connectivity index (χ0n) is 10.3. The van der Waals surface area contributed by atoms with Crippen molar-refractivity contribution in [2.45, 2.75) is 32.7 Å². The van der Waals surface area contributed by atoms with Crippen LogP contribution in [0, 0.1) is 15.5 Å². The Hall–Kier alpha value is -1.42. The van der Waals surface area contributed by atoms with E-state index >= 15 is 0 Å². The molecule has 92 valence electrons. The Labute approximate surface area is 101 Å². The van der Waals surface area contributed by atoms with Crippen LogP contribution < -0.4 is 5.32 Å². The van der Waals surface area contributed by atoms with Crippen LogP contribution in [0.4, 0.5) is 5.69 Å². The maximum Gasteiger partial charge on any atom is 0.269 e. The third-order valence-electron chi connectivity index (χ3n) is 3.52. The lowest BCUT2D eigenvalue weighted by molar-refractivity contribution is -0.384. The summed E-state index contributed by atoms with van der Waals surface area (Å²) in [6.07, 6.45) is 2.56. The number of nitro groups is 1. The van der Waals surface area contributed by atoms with Crippen LogP contribution in [0.25, 0.3) is 0 Å². The monoisotopic (exact) mass is 234 g/mol. The van der Waals surface area contributed by atoms with E-state index in [0.717, 1.165) is 12.1 Å². The maximum absolute atomic E-state index is 10.7. The van der Waals surface area contributed by atoms with Crippen molar-refractivity contribution in [3.05, 3.63) is 39.9 Å². The summed E-state index contributed by atoms with van der Waals surface area (Å²) >= 11 is 0. The van der Waals surface area contributed by atoms with Gasteiger partial charge in [-0.15, -0.1) is 0 Å². The Kier molecular flexibility index (Phi) is 3.15. The number of non-ortho nitro benzene ring substituents is 1. The van der Waals surface area contributed by atoms with E-state index in [4.69, 9.17) is 0 Å². The quantitative estimate of drug-likeness (QED) is 0.629. The molecule has 1 saturated carbocycles. The Bertz CT molecular complexity index is 427.